The Morgan fingerprint density at radius 2 is 1.93 bits per heavy atom. The van der Waals surface area contributed by atoms with Crippen molar-refractivity contribution in [2.75, 3.05) is 11.9 Å². The van der Waals surface area contributed by atoms with Crippen molar-refractivity contribution in [1.82, 2.24) is 24.8 Å². The molecule has 29 heavy (non-hydrogen) atoms. The van der Waals surface area contributed by atoms with E-state index in [4.69, 9.17) is 9.97 Å². The molecule has 4 rings (SSSR count). The maximum absolute atomic E-state index is 13.2. The van der Waals surface area contributed by atoms with Crippen LogP contribution in [0.4, 0.5) is 16.0 Å². The fourth-order valence-electron chi connectivity index (χ4n) is 3.73. The van der Waals surface area contributed by atoms with Gasteiger partial charge in [0, 0.05) is 24.0 Å². The zero-order chi connectivity index (χ0) is 20.2. The Morgan fingerprint density at radius 3 is 2.72 bits per heavy atom. The molecule has 0 saturated carbocycles. The largest absolute Gasteiger partial charge is 0.325 e. The normalized spacial score (nSPS) is 17.3. The summed E-state index contributed by atoms with van der Waals surface area (Å²) >= 11 is 0. The van der Waals surface area contributed by atoms with Crippen LogP contribution in [-0.4, -0.2) is 31.4 Å². The number of nitrogens with zero attached hydrogens (tertiary/aromatic N) is 5. The van der Waals surface area contributed by atoms with E-state index in [1.165, 1.54) is 12.3 Å². The summed E-state index contributed by atoms with van der Waals surface area (Å²) in [6, 6.07) is 11.1. The molecular formula is C22H25FN6. The van der Waals surface area contributed by atoms with Gasteiger partial charge < -0.3 is 5.32 Å². The van der Waals surface area contributed by atoms with Crippen LogP contribution in [0.1, 0.15) is 48.2 Å². The minimum Gasteiger partial charge on any atom is -0.325 e. The molecule has 7 heteroatoms. The summed E-state index contributed by atoms with van der Waals surface area (Å²) in [6.45, 7) is 5.55. The van der Waals surface area contributed by atoms with E-state index >= 15 is 0 Å². The van der Waals surface area contributed by atoms with Crippen molar-refractivity contribution in [3.8, 4) is 0 Å². The quantitative estimate of drug-likeness (QED) is 0.690. The highest BCUT2D eigenvalue weighted by atomic mass is 19.1. The predicted molar refractivity (Wildman–Crippen MR) is 110 cm³/mol. The Bertz CT molecular complexity index is 975. The molecule has 1 N–H and O–H groups in total. The average Bonchev–Trinajstić information content (AvgIpc) is 2.70. The minimum absolute atomic E-state index is 0.113. The number of halogens is 1. The SMILES string of the molecule is Cc1cccc(Nc2cc(C)nc(C3CCCCN3Cc3ccc(F)cn3)n2)n1. The first-order chi connectivity index (χ1) is 14.1. The van der Waals surface area contributed by atoms with Crippen LogP contribution < -0.4 is 5.32 Å². The molecule has 1 saturated heterocycles. The summed E-state index contributed by atoms with van der Waals surface area (Å²) < 4.78 is 13.2. The molecule has 1 fully saturated rings. The van der Waals surface area contributed by atoms with Crippen LogP contribution in [0.15, 0.2) is 42.6 Å². The van der Waals surface area contributed by atoms with Crippen molar-refractivity contribution in [1.29, 1.82) is 0 Å². The molecule has 1 aliphatic heterocycles. The summed E-state index contributed by atoms with van der Waals surface area (Å²) in [6.07, 6.45) is 4.53. The smallest absolute Gasteiger partial charge is 0.148 e. The monoisotopic (exact) mass is 392 g/mol. The highest BCUT2D eigenvalue weighted by Gasteiger charge is 2.27. The molecule has 150 valence electrons. The van der Waals surface area contributed by atoms with Crippen LogP contribution in [0.25, 0.3) is 0 Å². The molecule has 1 aliphatic rings. The Hall–Kier alpha value is -2.93. The van der Waals surface area contributed by atoms with E-state index in [-0.39, 0.29) is 11.9 Å². The summed E-state index contributed by atoms with van der Waals surface area (Å²) in [7, 11) is 0. The fraction of sp³-hybridized carbons (Fsp3) is 0.364. The molecule has 3 aromatic heterocycles. The Morgan fingerprint density at radius 1 is 1.03 bits per heavy atom. The van der Waals surface area contributed by atoms with Crippen molar-refractivity contribution >= 4 is 11.6 Å². The second kappa shape index (κ2) is 8.61. The molecule has 1 atom stereocenters. The van der Waals surface area contributed by atoms with Gasteiger partial charge in [-0.05, 0) is 57.5 Å². The number of hydrogen-bond acceptors (Lipinski definition) is 6. The van der Waals surface area contributed by atoms with Gasteiger partial charge in [-0.25, -0.2) is 19.3 Å². The molecular weight excluding hydrogens is 367 g/mol. The van der Waals surface area contributed by atoms with E-state index in [9.17, 15) is 4.39 Å². The number of piperidine rings is 1. The maximum atomic E-state index is 13.2. The van der Waals surface area contributed by atoms with Gasteiger partial charge in [0.05, 0.1) is 17.9 Å². The third kappa shape index (κ3) is 4.92. The van der Waals surface area contributed by atoms with Crippen molar-refractivity contribution in [3.63, 3.8) is 0 Å². The number of likely N-dealkylation sites (tertiary alicyclic amines) is 1. The highest BCUT2D eigenvalue weighted by Crippen LogP contribution is 2.31. The van der Waals surface area contributed by atoms with E-state index in [1.807, 2.05) is 38.1 Å². The molecule has 0 amide bonds. The van der Waals surface area contributed by atoms with Gasteiger partial charge in [0.2, 0.25) is 0 Å². The maximum Gasteiger partial charge on any atom is 0.148 e. The first-order valence-electron chi connectivity index (χ1n) is 9.97. The van der Waals surface area contributed by atoms with E-state index in [1.54, 1.807) is 6.07 Å². The lowest BCUT2D eigenvalue weighted by molar-refractivity contribution is 0.132. The molecule has 0 aliphatic carbocycles. The number of nitrogens with one attached hydrogen (secondary N) is 1. The number of aryl methyl sites for hydroxylation is 2. The van der Waals surface area contributed by atoms with Gasteiger partial charge in [-0.15, -0.1) is 0 Å². The highest BCUT2D eigenvalue weighted by molar-refractivity contribution is 5.52. The zero-order valence-corrected chi connectivity index (χ0v) is 16.8. The number of pyridine rings is 2. The third-order valence-corrected chi connectivity index (χ3v) is 5.08. The lowest BCUT2D eigenvalue weighted by Gasteiger charge is -2.34. The summed E-state index contributed by atoms with van der Waals surface area (Å²) in [4.78, 5) is 20.6. The molecule has 1 unspecified atom stereocenters. The van der Waals surface area contributed by atoms with Crippen molar-refractivity contribution < 1.29 is 4.39 Å². The first kappa shape index (κ1) is 19.4. The number of rotatable bonds is 5. The standard InChI is InChI=1S/C22H25FN6/c1-15-6-5-8-20(25-15)27-21-12-16(2)26-22(28-21)19-7-3-4-11-29(19)14-18-10-9-17(23)13-24-18/h5-6,8-10,12-13,19H,3-4,7,11,14H2,1-2H3,(H,25,26,27,28). The molecule has 3 aromatic rings. The van der Waals surface area contributed by atoms with E-state index < -0.39 is 0 Å². The summed E-state index contributed by atoms with van der Waals surface area (Å²) in [5.74, 6) is 2.01. The van der Waals surface area contributed by atoms with Gasteiger partial charge in [-0.1, -0.05) is 12.5 Å². The van der Waals surface area contributed by atoms with Crippen LogP contribution in [0.2, 0.25) is 0 Å². The minimum atomic E-state index is -0.313. The van der Waals surface area contributed by atoms with Crippen molar-refractivity contribution in [2.45, 2.75) is 45.7 Å². The Balaban J connectivity index is 1.57. The molecule has 6 nitrogen and oxygen atoms in total. The molecule has 0 bridgehead atoms. The number of anilines is 2. The van der Waals surface area contributed by atoms with E-state index in [0.717, 1.165) is 60.3 Å². The van der Waals surface area contributed by atoms with Crippen LogP contribution >= 0.6 is 0 Å². The fourth-order valence-corrected chi connectivity index (χ4v) is 3.73. The lowest BCUT2D eigenvalue weighted by Crippen LogP contribution is -2.34. The third-order valence-electron chi connectivity index (χ3n) is 5.08. The van der Waals surface area contributed by atoms with Gasteiger partial charge >= 0.3 is 0 Å². The zero-order valence-electron chi connectivity index (χ0n) is 16.8. The molecule has 0 radical (unpaired) electrons. The Labute approximate surface area is 170 Å². The van der Waals surface area contributed by atoms with Crippen LogP contribution in [0, 0.1) is 19.7 Å². The second-order valence-corrected chi connectivity index (χ2v) is 7.49. The summed E-state index contributed by atoms with van der Waals surface area (Å²) in [5, 5.41) is 3.30. The van der Waals surface area contributed by atoms with Crippen molar-refractivity contribution in [2.24, 2.45) is 0 Å². The van der Waals surface area contributed by atoms with Gasteiger partial charge in [0.15, 0.2) is 0 Å². The van der Waals surface area contributed by atoms with Crippen LogP contribution in [0.3, 0.4) is 0 Å². The number of hydrogen-bond donors (Lipinski definition) is 1. The average molecular weight is 392 g/mol. The van der Waals surface area contributed by atoms with Gasteiger partial charge in [-0.2, -0.15) is 0 Å². The van der Waals surface area contributed by atoms with E-state index in [2.05, 4.69) is 20.2 Å². The summed E-state index contributed by atoms with van der Waals surface area (Å²) in [5.41, 5.74) is 2.72. The van der Waals surface area contributed by atoms with E-state index in [0.29, 0.717) is 6.54 Å². The Kier molecular flexibility index (Phi) is 5.76. The molecule has 4 heterocycles. The second-order valence-electron chi connectivity index (χ2n) is 7.49. The lowest BCUT2D eigenvalue weighted by atomic mass is 10.0. The van der Waals surface area contributed by atoms with Crippen LogP contribution in [-0.2, 0) is 6.54 Å². The van der Waals surface area contributed by atoms with Gasteiger partial charge in [0.25, 0.3) is 0 Å². The van der Waals surface area contributed by atoms with Crippen molar-refractivity contribution in [3.05, 3.63) is 71.3 Å². The molecule has 0 spiro atoms. The predicted octanol–water partition coefficient (Wildman–Crippen LogP) is 4.49. The first-order valence-corrected chi connectivity index (χ1v) is 9.97. The number of aromatic nitrogens is 4. The molecule has 0 aromatic carbocycles. The van der Waals surface area contributed by atoms with Gasteiger partial charge in [-0.3, -0.25) is 9.88 Å². The topological polar surface area (TPSA) is 66.8 Å². The van der Waals surface area contributed by atoms with Gasteiger partial charge in [0.1, 0.15) is 23.3 Å². The van der Waals surface area contributed by atoms with Crippen LogP contribution in [0.5, 0.6) is 0 Å².